The molecular formula is C11H15NS2. The van der Waals surface area contributed by atoms with Crippen LogP contribution in [-0.4, -0.2) is 11.6 Å². The summed E-state index contributed by atoms with van der Waals surface area (Å²) in [6, 6.07) is 8.67. The Hall–Kier alpha value is -0.280. The van der Waals surface area contributed by atoms with Gasteiger partial charge in [-0.25, -0.2) is 0 Å². The first-order chi connectivity index (χ1) is 6.92. The second kappa shape index (κ2) is 4.99. The SMILES string of the molecule is CCCCSN1CSc2ccccc21. The van der Waals surface area contributed by atoms with Gasteiger partial charge in [-0.1, -0.05) is 25.5 Å². The molecule has 0 fully saturated rings. The van der Waals surface area contributed by atoms with Gasteiger partial charge in [-0.3, -0.25) is 0 Å². The maximum absolute atomic E-state index is 2.41. The molecule has 0 N–H and O–H groups in total. The fourth-order valence-electron chi connectivity index (χ4n) is 1.41. The molecule has 0 bridgehead atoms. The highest BCUT2D eigenvalue weighted by atomic mass is 32.2. The van der Waals surface area contributed by atoms with Gasteiger partial charge in [-0.2, -0.15) is 0 Å². The number of unbranched alkanes of at least 4 members (excludes halogenated alkanes) is 1. The van der Waals surface area contributed by atoms with Crippen LogP contribution in [0.2, 0.25) is 0 Å². The molecule has 1 aliphatic rings. The highest BCUT2D eigenvalue weighted by Crippen LogP contribution is 2.41. The van der Waals surface area contributed by atoms with Crippen molar-refractivity contribution in [2.75, 3.05) is 15.9 Å². The molecule has 0 amide bonds. The molecule has 0 unspecified atom stereocenters. The van der Waals surface area contributed by atoms with Crippen molar-refractivity contribution in [2.45, 2.75) is 24.7 Å². The van der Waals surface area contributed by atoms with E-state index in [0.717, 1.165) is 5.88 Å². The van der Waals surface area contributed by atoms with Crippen LogP contribution >= 0.6 is 23.7 Å². The van der Waals surface area contributed by atoms with Crippen LogP contribution in [0.1, 0.15) is 19.8 Å². The minimum absolute atomic E-state index is 1.10. The number of rotatable bonds is 4. The molecule has 0 spiro atoms. The summed E-state index contributed by atoms with van der Waals surface area (Å²) in [5, 5.41) is 0. The molecule has 0 aliphatic carbocycles. The Morgan fingerprint density at radius 2 is 2.29 bits per heavy atom. The second-order valence-electron chi connectivity index (χ2n) is 3.31. The van der Waals surface area contributed by atoms with E-state index in [1.165, 1.54) is 29.2 Å². The number of fused-ring (bicyclic) bond motifs is 1. The third kappa shape index (κ3) is 2.20. The fraction of sp³-hybridized carbons (Fsp3) is 0.455. The van der Waals surface area contributed by atoms with Gasteiger partial charge in [0.15, 0.2) is 0 Å². The molecule has 76 valence electrons. The molecule has 0 saturated heterocycles. The van der Waals surface area contributed by atoms with Crippen molar-refractivity contribution in [1.82, 2.24) is 0 Å². The monoisotopic (exact) mass is 225 g/mol. The summed E-state index contributed by atoms with van der Waals surface area (Å²) < 4.78 is 2.41. The van der Waals surface area contributed by atoms with Crippen molar-refractivity contribution < 1.29 is 0 Å². The Balaban J connectivity index is 1.96. The Morgan fingerprint density at radius 3 is 3.14 bits per heavy atom. The Morgan fingerprint density at radius 1 is 1.43 bits per heavy atom. The van der Waals surface area contributed by atoms with Crippen LogP contribution in [0.25, 0.3) is 0 Å². The predicted octanol–water partition coefficient (Wildman–Crippen LogP) is 4.00. The molecule has 1 nitrogen and oxygen atoms in total. The lowest BCUT2D eigenvalue weighted by molar-refractivity contribution is 0.895. The summed E-state index contributed by atoms with van der Waals surface area (Å²) in [6.07, 6.45) is 2.60. The van der Waals surface area contributed by atoms with Crippen LogP contribution in [0.3, 0.4) is 0 Å². The normalized spacial score (nSPS) is 14.5. The van der Waals surface area contributed by atoms with Gasteiger partial charge in [0.05, 0.1) is 11.6 Å². The van der Waals surface area contributed by atoms with Crippen molar-refractivity contribution >= 4 is 29.4 Å². The smallest absolute Gasteiger partial charge is 0.0798 e. The average molecular weight is 225 g/mol. The van der Waals surface area contributed by atoms with E-state index in [4.69, 9.17) is 0 Å². The van der Waals surface area contributed by atoms with Crippen LogP contribution in [0, 0.1) is 0 Å². The first-order valence-corrected chi connectivity index (χ1v) is 6.97. The van der Waals surface area contributed by atoms with E-state index in [2.05, 4.69) is 35.5 Å². The maximum atomic E-state index is 2.41. The number of benzene rings is 1. The van der Waals surface area contributed by atoms with Crippen LogP contribution < -0.4 is 4.31 Å². The van der Waals surface area contributed by atoms with Gasteiger partial charge < -0.3 is 4.31 Å². The summed E-state index contributed by atoms with van der Waals surface area (Å²) in [7, 11) is 0. The lowest BCUT2D eigenvalue weighted by Gasteiger charge is -2.16. The summed E-state index contributed by atoms with van der Waals surface area (Å²) in [4.78, 5) is 1.43. The molecule has 3 heteroatoms. The van der Waals surface area contributed by atoms with Crippen molar-refractivity contribution in [3.8, 4) is 0 Å². The number of hydrogen-bond donors (Lipinski definition) is 0. The zero-order valence-corrected chi connectivity index (χ0v) is 10.0. The molecule has 0 saturated carbocycles. The lowest BCUT2D eigenvalue weighted by atomic mass is 10.3. The predicted molar refractivity (Wildman–Crippen MR) is 67.0 cm³/mol. The highest BCUT2D eigenvalue weighted by molar-refractivity contribution is 8.04. The quantitative estimate of drug-likeness (QED) is 0.563. The second-order valence-corrected chi connectivity index (χ2v) is 5.40. The first-order valence-electron chi connectivity index (χ1n) is 5.04. The van der Waals surface area contributed by atoms with Gasteiger partial charge in [0, 0.05) is 10.6 Å². The lowest BCUT2D eigenvalue weighted by Crippen LogP contribution is -2.09. The van der Waals surface area contributed by atoms with E-state index in [-0.39, 0.29) is 0 Å². The number of nitrogens with zero attached hydrogens (tertiary/aromatic N) is 1. The topological polar surface area (TPSA) is 3.24 Å². The number of anilines is 1. The van der Waals surface area contributed by atoms with E-state index in [0.29, 0.717) is 0 Å². The van der Waals surface area contributed by atoms with E-state index in [1.807, 2.05) is 23.7 Å². The molecule has 2 rings (SSSR count). The van der Waals surface area contributed by atoms with Gasteiger partial charge in [0.1, 0.15) is 0 Å². The molecule has 1 aromatic rings. The number of hydrogen-bond acceptors (Lipinski definition) is 3. The molecule has 1 aromatic carbocycles. The molecular weight excluding hydrogens is 210 g/mol. The summed E-state index contributed by atoms with van der Waals surface area (Å²) >= 11 is 3.90. The zero-order chi connectivity index (χ0) is 9.80. The third-order valence-electron chi connectivity index (χ3n) is 2.22. The van der Waals surface area contributed by atoms with Gasteiger partial charge in [0.25, 0.3) is 0 Å². The Bertz CT molecular complexity index is 301. The summed E-state index contributed by atoms with van der Waals surface area (Å²) in [5.74, 6) is 2.35. The highest BCUT2D eigenvalue weighted by Gasteiger charge is 2.18. The summed E-state index contributed by atoms with van der Waals surface area (Å²) in [6.45, 7) is 2.24. The van der Waals surface area contributed by atoms with Crippen LogP contribution in [0.5, 0.6) is 0 Å². The summed E-state index contributed by atoms with van der Waals surface area (Å²) in [5.41, 5.74) is 1.40. The zero-order valence-electron chi connectivity index (χ0n) is 8.40. The van der Waals surface area contributed by atoms with E-state index in [1.54, 1.807) is 0 Å². The number of para-hydroxylation sites is 1. The van der Waals surface area contributed by atoms with Crippen molar-refractivity contribution in [3.63, 3.8) is 0 Å². The molecule has 1 heterocycles. The van der Waals surface area contributed by atoms with Crippen molar-refractivity contribution in [3.05, 3.63) is 24.3 Å². The average Bonchev–Trinajstić information content (AvgIpc) is 2.63. The Labute approximate surface area is 94.4 Å². The third-order valence-corrected chi connectivity index (χ3v) is 4.53. The molecule has 1 aliphatic heterocycles. The van der Waals surface area contributed by atoms with Crippen LogP contribution in [0.15, 0.2) is 29.2 Å². The molecule has 0 radical (unpaired) electrons. The van der Waals surface area contributed by atoms with Crippen molar-refractivity contribution in [2.24, 2.45) is 0 Å². The van der Waals surface area contributed by atoms with Crippen LogP contribution in [0.4, 0.5) is 5.69 Å². The minimum atomic E-state index is 1.10. The van der Waals surface area contributed by atoms with Gasteiger partial charge in [0.2, 0.25) is 0 Å². The first kappa shape index (κ1) is 10.2. The Kier molecular flexibility index (Phi) is 3.65. The minimum Gasteiger partial charge on any atom is -0.305 e. The molecule has 0 atom stereocenters. The van der Waals surface area contributed by atoms with Crippen LogP contribution in [-0.2, 0) is 0 Å². The fourth-order valence-corrected chi connectivity index (χ4v) is 3.76. The van der Waals surface area contributed by atoms with E-state index < -0.39 is 0 Å². The van der Waals surface area contributed by atoms with Crippen molar-refractivity contribution in [1.29, 1.82) is 0 Å². The van der Waals surface area contributed by atoms with E-state index >= 15 is 0 Å². The van der Waals surface area contributed by atoms with Gasteiger partial charge in [-0.05, 0) is 30.5 Å². The molecule has 14 heavy (non-hydrogen) atoms. The maximum Gasteiger partial charge on any atom is 0.0798 e. The largest absolute Gasteiger partial charge is 0.305 e. The van der Waals surface area contributed by atoms with Gasteiger partial charge >= 0.3 is 0 Å². The molecule has 0 aromatic heterocycles. The number of thioether (sulfide) groups is 1. The van der Waals surface area contributed by atoms with E-state index in [9.17, 15) is 0 Å². The van der Waals surface area contributed by atoms with Gasteiger partial charge in [-0.15, -0.1) is 11.8 Å². The standard InChI is InChI=1S/C11H15NS2/c1-2-3-8-14-12-9-13-11-7-5-4-6-10(11)12/h4-7H,2-3,8-9H2,1H3.